The number of amides is 1. The number of fused-ring (bicyclic) bond motifs is 1. The molecule has 1 spiro atoms. The van der Waals surface area contributed by atoms with Crippen LogP contribution in [0, 0.1) is 18.3 Å². The summed E-state index contributed by atoms with van der Waals surface area (Å²) in [6.07, 6.45) is 1.38. The van der Waals surface area contributed by atoms with E-state index >= 15 is 0 Å². The van der Waals surface area contributed by atoms with Crippen molar-refractivity contribution in [3.63, 3.8) is 0 Å². The Morgan fingerprint density at radius 3 is 2.78 bits per heavy atom. The van der Waals surface area contributed by atoms with Gasteiger partial charge in [-0.15, -0.1) is 0 Å². The fourth-order valence-corrected chi connectivity index (χ4v) is 5.23. The number of pyridine rings is 1. The van der Waals surface area contributed by atoms with Crippen molar-refractivity contribution in [3.05, 3.63) is 59.7 Å². The van der Waals surface area contributed by atoms with Crippen LogP contribution in [0.4, 0.5) is 20.2 Å². The average molecular weight is 507 g/mol. The average Bonchev–Trinajstić information content (AvgIpc) is 3.28. The van der Waals surface area contributed by atoms with Gasteiger partial charge in [0, 0.05) is 48.1 Å². The summed E-state index contributed by atoms with van der Waals surface area (Å²) in [6.45, 7) is 5.41. The second-order valence-corrected chi connectivity index (χ2v) is 10.4. The van der Waals surface area contributed by atoms with E-state index in [0.29, 0.717) is 29.1 Å². The molecule has 0 unspecified atom stereocenters. The normalized spacial score (nSPS) is 21.8. The van der Waals surface area contributed by atoms with Crippen LogP contribution in [0.1, 0.15) is 34.2 Å². The molecular formula is C26H24F2N6O3. The molecule has 1 saturated carbocycles. The molecule has 1 amide bonds. The van der Waals surface area contributed by atoms with Gasteiger partial charge in [-0.2, -0.15) is 10.1 Å². The van der Waals surface area contributed by atoms with Crippen molar-refractivity contribution in [1.82, 2.24) is 19.8 Å². The van der Waals surface area contributed by atoms with Crippen LogP contribution in [-0.4, -0.2) is 58.4 Å². The molecule has 0 bridgehead atoms. The van der Waals surface area contributed by atoms with Gasteiger partial charge in [0.1, 0.15) is 0 Å². The highest BCUT2D eigenvalue weighted by atomic mass is 19.3. The second-order valence-electron chi connectivity index (χ2n) is 10.4. The number of hydrogen-bond acceptors (Lipinski definition) is 7. The molecule has 2 atom stereocenters. The van der Waals surface area contributed by atoms with Crippen LogP contribution in [0.5, 0.6) is 0 Å². The summed E-state index contributed by atoms with van der Waals surface area (Å²) < 4.78 is 38.1. The monoisotopic (exact) mass is 506 g/mol. The van der Waals surface area contributed by atoms with Gasteiger partial charge in [-0.05, 0) is 37.1 Å². The highest BCUT2D eigenvalue weighted by Crippen LogP contribution is 2.50. The maximum Gasteiger partial charge on any atom is 0.259 e. The Kier molecular flexibility index (Phi) is 4.87. The molecule has 1 aromatic carbocycles. The van der Waals surface area contributed by atoms with Crippen molar-refractivity contribution in [2.45, 2.75) is 25.7 Å². The van der Waals surface area contributed by atoms with E-state index in [1.165, 1.54) is 0 Å². The lowest BCUT2D eigenvalue weighted by Gasteiger charge is -2.56. The number of benzene rings is 1. The molecule has 5 heterocycles. The van der Waals surface area contributed by atoms with Crippen LogP contribution in [0.2, 0.25) is 0 Å². The van der Waals surface area contributed by atoms with Crippen molar-refractivity contribution >= 4 is 22.8 Å². The largest absolute Gasteiger partial charge is 0.380 e. The quantitative estimate of drug-likeness (QED) is 0.420. The maximum atomic E-state index is 13.3. The zero-order valence-electron chi connectivity index (χ0n) is 20.0. The Bertz CT molecular complexity index is 1520. The standard InChI is InChI=1S/C26H24F2N6O3/c1-14-2-3-15(23-31-25(37-32-23)18-8-17(18)22(27)28)6-20(14)30-24(35)19-9-29-34-5-4-16(7-21(19)34)33-10-26(11-33)12-36-13-26/h2-7,9,17-18,22H,8,10-13H2,1H3,(H,30,35)/t17-,18+/m0/s1. The molecular weight excluding hydrogens is 482 g/mol. The van der Waals surface area contributed by atoms with Crippen molar-refractivity contribution in [1.29, 1.82) is 0 Å². The molecule has 3 aliphatic rings. The fourth-order valence-electron chi connectivity index (χ4n) is 5.23. The number of nitrogens with zero attached hydrogens (tertiary/aromatic N) is 5. The zero-order valence-corrected chi connectivity index (χ0v) is 20.0. The first-order valence-electron chi connectivity index (χ1n) is 12.2. The lowest BCUT2D eigenvalue weighted by Crippen LogP contribution is -2.66. The van der Waals surface area contributed by atoms with E-state index in [4.69, 9.17) is 9.26 Å². The van der Waals surface area contributed by atoms with E-state index in [2.05, 4.69) is 25.5 Å². The molecule has 2 aliphatic heterocycles. The van der Waals surface area contributed by atoms with Gasteiger partial charge < -0.3 is 19.5 Å². The molecule has 3 aromatic heterocycles. The molecule has 9 nitrogen and oxygen atoms in total. The molecule has 0 radical (unpaired) electrons. The van der Waals surface area contributed by atoms with Crippen molar-refractivity contribution in [3.8, 4) is 11.4 Å². The summed E-state index contributed by atoms with van der Waals surface area (Å²) in [6, 6.07) is 9.41. The van der Waals surface area contributed by atoms with E-state index in [1.54, 1.807) is 16.8 Å². The van der Waals surface area contributed by atoms with E-state index in [-0.39, 0.29) is 17.2 Å². The van der Waals surface area contributed by atoms with Gasteiger partial charge in [0.25, 0.3) is 5.91 Å². The Morgan fingerprint density at radius 2 is 2.05 bits per heavy atom. The van der Waals surface area contributed by atoms with Crippen molar-refractivity contribution in [2.75, 3.05) is 36.5 Å². The molecule has 7 rings (SSSR count). The van der Waals surface area contributed by atoms with E-state index in [0.717, 1.165) is 43.1 Å². The van der Waals surface area contributed by atoms with Gasteiger partial charge in [-0.25, -0.2) is 13.3 Å². The third kappa shape index (κ3) is 3.76. The minimum atomic E-state index is -2.39. The van der Waals surface area contributed by atoms with Crippen molar-refractivity contribution in [2.24, 2.45) is 11.3 Å². The molecule has 1 aliphatic carbocycles. The van der Waals surface area contributed by atoms with Crippen LogP contribution < -0.4 is 10.2 Å². The van der Waals surface area contributed by atoms with Crippen LogP contribution in [0.15, 0.2) is 47.2 Å². The van der Waals surface area contributed by atoms with Crippen LogP contribution in [0.3, 0.4) is 0 Å². The predicted octanol–water partition coefficient (Wildman–Crippen LogP) is 4.15. The smallest absolute Gasteiger partial charge is 0.259 e. The number of rotatable bonds is 6. The number of alkyl halides is 2. The number of halogens is 2. The van der Waals surface area contributed by atoms with E-state index in [9.17, 15) is 13.6 Å². The summed E-state index contributed by atoms with van der Waals surface area (Å²) in [5.41, 5.74) is 4.59. The zero-order chi connectivity index (χ0) is 25.3. The summed E-state index contributed by atoms with van der Waals surface area (Å²) in [5, 5.41) is 11.3. The second kappa shape index (κ2) is 8.07. The van der Waals surface area contributed by atoms with E-state index < -0.39 is 18.3 Å². The number of carbonyl (C=O) groups is 1. The summed E-state index contributed by atoms with van der Waals surface area (Å²) in [7, 11) is 0. The minimum Gasteiger partial charge on any atom is -0.380 e. The SMILES string of the molecule is Cc1ccc(-c2noc([C@@H]3C[C@@H]3C(F)F)n2)cc1NC(=O)c1cnn2ccc(N3CC4(COC4)C3)cc12. The van der Waals surface area contributed by atoms with Gasteiger partial charge in [-0.3, -0.25) is 4.79 Å². The third-order valence-electron chi connectivity index (χ3n) is 7.65. The number of nitrogens with one attached hydrogen (secondary N) is 1. The van der Waals surface area contributed by atoms with Crippen molar-refractivity contribution < 1.29 is 22.8 Å². The van der Waals surface area contributed by atoms with Crippen LogP contribution in [-0.2, 0) is 4.74 Å². The molecule has 37 heavy (non-hydrogen) atoms. The van der Waals surface area contributed by atoms with Crippen LogP contribution >= 0.6 is 0 Å². The lowest BCUT2D eigenvalue weighted by atomic mass is 9.78. The Balaban J connectivity index is 1.11. The highest BCUT2D eigenvalue weighted by molar-refractivity contribution is 6.09. The number of hydrogen-bond donors (Lipinski definition) is 1. The summed E-state index contributed by atoms with van der Waals surface area (Å²) in [4.78, 5) is 19.9. The first-order chi connectivity index (χ1) is 17.9. The van der Waals surface area contributed by atoms with Crippen LogP contribution in [0.25, 0.3) is 16.9 Å². The minimum absolute atomic E-state index is 0.228. The number of aryl methyl sites for hydroxylation is 1. The van der Waals surface area contributed by atoms with Gasteiger partial charge >= 0.3 is 0 Å². The van der Waals surface area contributed by atoms with Gasteiger partial charge in [0.15, 0.2) is 0 Å². The number of ether oxygens (including phenoxy) is 1. The molecule has 1 N–H and O–H groups in total. The summed E-state index contributed by atoms with van der Waals surface area (Å²) >= 11 is 0. The molecule has 2 saturated heterocycles. The lowest BCUT2D eigenvalue weighted by molar-refractivity contribution is -0.127. The number of anilines is 2. The topological polar surface area (TPSA) is 97.8 Å². The molecule has 4 aromatic rings. The number of aromatic nitrogens is 4. The highest BCUT2D eigenvalue weighted by Gasteiger charge is 2.49. The van der Waals surface area contributed by atoms with E-state index in [1.807, 2.05) is 37.4 Å². The Morgan fingerprint density at radius 1 is 1.22 bits per heavy atom. The first-order valence-corrected chi connectivity index (χ1v) is 12.2. The first kappa shape index (κ1) is 22.3. The number of carbonyl (C=O) groups excluding carboxylic acids is 1. The third-order valence-corrected chi connectivity index (χ3v) is 7.65. The summed E-state index contributed by atoms with van der Waals surface area (Å²) in [5.74, 6) is -0.870. The Hall–Kier alpha value is -3.86. The van der Waals surface area contributed by atoms with Gasteiger partial charge in [-0.1, -0.05) is 17.3 Å². The Labute approximate surface area is 210 Å². The molecule has 3 fully saturated rings. The van der Waals surface area contributed by atoms with Gasteiger partial charge in [0.05, 0.1) is 35.9 Å². The van der Waals surface area contributed by atoms with Gasteiger partial charge in [0.2, 0.25) is 18.1 Å². The maximum absolute atomic E-state index is 13.3. The predicted molar refractivity (Wildman–Crippen MR) is 130 cm³/mol. The fraction of sp³-hybridized carbons (Fsp3) is 0.385. The molecule has 11 heteroatoms. The molecule has 190 valence electrons.